The van der Waals surface area contributed by atoms with Crippen LogP contribution in [-0.2, 0) is 0 Å². The predicted octanol–water partition coefficient (Wildman–Crippen LogP) is 3.16. The quantitative estimate of drug-likeness (QED) is 0.781. The molecule has 2 aliphatic rings. The molecule has 0 bridgehead atoms. The van der Waals surface area contributed by atoms with E-state index in [1.807, 2.05) is 0 Å². The standard InChI is InChI=1S/C14H19N/c15-14-9-8-13(14)12-7-2-1-6-11(12)10-4-3-5-10/h1-2,6-7,10,13-14H,3-5,8-9,15H2. The minimum Gasteiger partial charge on any atom is -0.327 e. The molecule has 2 saturated carbocycles. The van der Waals surface area contributed by atoms with Crippen molar-refractivity contribution in [3.8, 4) is 0 Å². The largest absolute Gasteiger partial charge is 0.327 e. The number of rotatable bonds is 2. The Morgan fingerprint density at radius 1 is 0.933 bits per heavy atom. The Bertz CT molecular complexity index is 354. The molecular formula is C14H19N. The summed E-state index contributed by atoms with van der Waals surface area (Å²) < 4.78 is 0. The molecular weight excluding hydrogens is 182 g/mol. The smallest absolute Gasteiger partial charge is 0.0108 e. The van der Waals surface area contributed by atoms with Crippen molar-refractivity contribution in [3.63, 3.8) is 0 Å². The highest BCUT2D eigenvalue weighted by Gasteiger charge is 2.32. The minimum absolute atomic E-state index is 0.422. The average Bonchev–Trinajstić information content (AvgIpc) is 2.16. The lowest BCUT2D eigenvalue weighted by atomic mass is 9.69. The van der Waals surface area contributed by atoms with Gasteiger partial charge >= 0.3 is 0 Å². The van der Waals surface area contributed by atoms with Crippen LogP contribution in [0.25, 0.3) is 0 Å². The topological polar surface area (TPSA) is 26.0 Å². The average molecular weight is 201 g/mol. The van der Waals surface area contributed by atoms with Crippen LogP contribution in [0, 0.1) is 0 Å². The Morgan fingerprint density at radius 3 is 2.13 bits per heavy atom. The van der Waals surface area contributed by atoms with E-state index in [0.717, 1.165) is 5.92 Å². The highest BCUT2D eigenvalue weighted by atomic mass is 14.7. The second-order valence-corrected chi connectivity index (χ2v) is 5.10. The van der Waals surface area contributed by atoms with E-state index in [0.29, 0.717) is 12.0 Å². The molecule has 0 radical (unpaired) electrons. The van der Waals surface area contributed by atoms with Gasteiger partial charge < -0.3 is 5.73 Å². The first-order chi connectivity index (χ1) is 7.36. The summed E-state index contributed by atoms with van der Waals surface area (Å²) in [5.74, 6) is 1.50. The Labute approximate surface area is 91.7 Å². The van der Waals surface area contributed by atoms with E-state index in [9.17, 15) is 0 Å². The Morgan fingerprint density at radius 2 is 1.67 bits per heavy atom. The normalized spacial score (nSPS) is 30.7. The van der Waals surface area contributed by atoms with Crippen LogP contribution in [0.4, 0.5) is 0 Å². The van der Waals surface area contributed by atoms with Crippen molar-refractivity contribution in [2.75, 3.05) is 0 Å². The van der Waals surface area contributed by atoms with Crippen LogP contribution in [0.15, 0.2) is 24.3 Å². The molecule has 1 aromatic carbocycles. The van der Waals surface area contributed by atoms with Gasteiger partial charge in [-0.25, -0.2) is 0 Å². The van der Waals surface area contributed by atoms with Gasteiger partial charge in [-0.05, 0) is 48.6 Å². The van der Waals surface area contributed by atoms with Gasteiger partial charge in [0.25, 0.3) is 0 Å². The van der Waals surface area contributed by atoms with Crippen molar-refractivity contribution in [2.45, 2.75) is 50.0 Å². The maximum atomic E-state index is 6.08. The zero-order valence-corrected chi connectivity index (χ0v) is 9.15. The number of hydrogen-bond acceptors (Lipinski definition) is 1. The lowest BCUT2D eigenvalue weighted by Crippen LogP contribution is -2.38. The summed E-state index contributed by atoms with van der Waals surface area (Å²) in [7, 11) is 0. The molecule has 0 heterocycles. The van der Waals surface area contributed by atoms with Gasteiger partial charge in [0.05, 0.1) is 0 Å². The molecule has 80 valence electrons. The summed E-state index contributed by atoms with van der Waals surface area (Å²) in [5.41, 5.74) is 9.24. The molecule has 0 aliphatic heterocycles. The fourth-order valence-electron chi connectivity index (χ4n) is 2.85. The molecule has 2 atom stereocenters. The van der Waals surface area contributed by atoms with Gasteiger partial charge in [0.2, 0.25) is 0 Å². The third-order valence-electron chi connectivity index (χ3n) is 4.27. The number of benzene rings is 1. The molecule has 0 spiro atoms. The molecule has 2 aliphatic carbocycles. The second kappa shape index (κ2) is 3.64. The van der Waals surface area contributed by atoms with E-state index >= 15 is 0 Å². The third-order valence-corrected chi connectivity index (χ3v) is 4.27. The van der Waals surface area contributed by atoms with Gasteiger partial charge in [-0.15, -0.1) is 0 Å². The van der Waals surface area contributed by atoms with Gasteiger partial charge in [-0.1, -0.05) is 30.7 Å². The Kier molecular flexibility index (Phi) is 2.28. The van der Waals surface area contributed by atoms with Crippen LogP contribution in [0.5, 0.6) is 0 Å². The van der Waals surface area contributed by atoms with Crippen LogP contribution in [0.3, 0.4) is 0 Å². The van der Waals surface area contributed by atoms with E-state index in [1.54, 1.807) is 11.1 Å². The van der Waals surface area contributed by atoms with Gasteiger partial charge in [-0.3, -0.25) is 0 Å². The van der Waals surface area contributed by atoms with Crippen molar-refractivity contribution in [1.82, 2.24) is 0 Å². The minimum atomic E-state index is 0.422. The van der Waals surface area contributed by atoms with E-state index in [2.05, 4.69) is 24.3 Å². The molecule has 0 aromatic heterocycles. The van der Waals surface area contributed by atoms with Gasteiger partial charge in [0, 0.05) is 6.04 Å². The maximum absolute atomic E-state index is 6.08. The SMILES string of the molecule is NC1CCC1c1ccccc1C1CCC1. The Balaban J connectivity index is 1.91. The monoisotopic (exact) mass is 201 g/mol. The summed E-state index contributed by atoms with van der Waals surface area (Å²) in [6.45, 7) is 0. The lowest BCUT2D eigenvalue weighted by molar-refractivity contribution is 0.337. The molecule has 1 heteroatoms. The molecule has 0 amide bonds. The molecule has 0 saturated heterocycles. The first kappa shape index (κ1) is 9.41. The van der Waals surface area contributed by atoms with Crippen molar-refractivity contribution < 1.29 is 0 Å². The van der Waals surface area contributed by atoms with Gasteiger partial charge in [0.1, 0.15) is 0 Å². The molecule has 1 aromatic rings. The number of nitrogens with two attached hydrogens (primary N) is 1. The summed E-state index contributed by atoms with van der Waals surface area (Å²) >= 11 is 0. The summed E-state index contributed by atoms with van der Waals surface area (Å²) in [4.78, 5) is 0. The lowest BCUT2D eigenvalue weighted by Gasteiger charge is -2.38. The van der Waals surface area contributed by atoms with E-state index in [4.69, 9.17) is 5.73 Å². The second-order valence-electron chi connectivity index (χ2n) is 5.10. The molecule has 15 heavy (non-hydrogen) atoms. The van der Waals surface area contributed by atoms with E-state index < -0.39 is 0 Å². The summed E-state index contributed by atoms with van der Waals surface area (Å²) in [6.07, 6.45) is 6.70. The van der Waals surface area contributed by atoms with E-state index in [-0.39, 0.29) is 0 Å². The molecule has 2 N–H and O–H groups in total. The Hall–Kier alpha value is -0.820. The first-order valence-electron chi connectivity index (χ1n) is 6.20. The summed E-state index contributed by atoms with van der Waals surface area (Å²) in [6, 6.07) is 9.40. The predicted molar refractivity (Wildman–Crippen MR) is 63.0 cm³/mol. The molecule has 1 nitrogen and oxygen atoms in total. The van der Waals surface area contributed by atoms with Crippen molar-refractivity contribution in [3.05, 3.63) is 35.4 Å². The highest BCUT2D eigenvalue weighted by Crippen LogP contribution is 2.44. The van der Waals surface area contributed by atoms with Gasteiger partial charge in [-0.2, -0.15) is 0 Å². The van der Waals surface area contributed by atoms with E-state index in [1.165, 1.54) is 32.1 Å². The number of hydrogen-bond donors (Lipinski definition) is 1. The van der Waals surface area contributed by atoms with Crippen LogP contribution >= 0.6 is 0 Å². The fourth-order valence-corrected chi connectivity index (χ4v) is 2.85. The third kappa shape index (κ3) is 1.50. The first-order valence-corrected chi connectivity index (χ1v) is 6.20. The van der Waals surface area contributed by atoms with Crippen molar-refractivity contribution in [1.29, 1.82) is 0 Å². The van der Waals surface area contributed by atoms with Gasteiger partial charge in [0.15, 0.2) is 0 Å². The molecule has 3 rings (SSSR count). The fraction of sp³-hybridized carbons (Fsp3) is 0.571. The van der Waals surface area contributed by atoms with Crippen LogP contribution in [0.1, 0.15) is 55.1 Å². The maximum Gasteiger partial charge on any atom is 0.0108 e. The van der Waals surface area contributed by atoms with Crippen molar-refractivity contribution in [2.24, 2.45) is 5.73 Å². The molecule has 2 fully saturated rings. The van der Waals surface area contributed by atoms with Crippen molar-refractivity contribution >= 4 is 0 Å². The zero-order chi connectivity index (χ0) is 10.3. The highest BCUT2D eigenvalue weighted by molar-refractivity contribution is 5.36. The van der Waals surface area contributed by atoms with Crippen LogP contribution in [-0.4, -0.2) is 6.04 Å². The molecule has 2 unspecified atom stereocenters. The van der Waals surface area contributed by atoms with Crippen LogP contribution < -0.4 is 5.73 Å². The summed E-state index contributed by atoms with van der Waals surface area (Å²) in [5, 5.41) is 0. The zero-order valence-electron chi connectivity index (χ0n) is 9.15. The van der Waals surface area contributed by atoms with Crippen LogP contribution in [0.2, 0.25) is 0 Å².